The lowest BCUT2D eigenvalue weighted by Gasteiger charge is -2.21. The smallest absolute Gasteiger partial charge is 0.167 e. The summed E-state index contributed by atoms with van der Waals surface area (Å²) in [5, 5.41) is 3.73. The maximum Gasteiger partial charge on any atom is 0.167 e. The molecule has 1 heterocycles. The minimum Gasteiger partial charge on any atom is -0.497 e. The average molecular weight is 254 g/mol. The number of ketones is 1. The largest absolute Gasteiger partial charge is 0.497 e. The van der Waals surface area contributed by atoms with Gasteiger partial charge in [-0.25, -0.2) is 0 Å². The number of methoxy groups -OCH3 is 1. The zero-order chi connectivity index (χ0) is 12.3. The summed E-state index contributed by atoms with van der Waals surface area (Å²) < 4.78 is 5.07. The lowest BCUT2D eigenvalue weighted by atomic mass is 9.89. The number of benzene rings is 1. The fourth-order valence-corrected chi connectivity index (χ4v) is 2.39. The summed E-state index contributed by atoms with van der Waals surface area (Å²) in [4.78, 5) is 12.3. The molecule has 0 amide bonds. The number of piperidine rings is 1. The van der Waals surface area contributed by atoms with E-state index in [0.717, 1.165) is 25.9 Å². The Kier molecular flexibility index (Phi) is 4.02. The molecule has 92 valence electrons. The first-order valence-corrected chi connectivity index (χ1v) is 6.18. The van der Waals surface area contributed by atoms with Crippen molar-refractivity contribution >= 4 is 17.4 Å². The number of rotatable bonds is 3. The molecule has 1 aliphatic heterocycles. The van der Waals surface area contributed by atoms with Gasteiger partial charge in [0.25, 0.3) is 0 Å². The van der Waals surface area contributed by atoms with Crippen molar-refractivity contribution in [2.24, 2.45) is 5.92 Å². The molecule has 1 N–H and O–H groups in total. The third-order valence-corrected chi connectivity index (χ3v) is 3.46. The standard InChI is InChI=1S/C13H16ClNO2/c1-17-10-2-3-11(12(14)8-10)13(16)9-4-6-15-7-5-9/h2-3,8-9,15H,4-7H2,1H3. The van der Waals surface area contributed by atoms with Gasteiger partial charge in [-0.3, -0.25) is 4.79 Å². The zero-order valence-corrected chi connectivity index (χ0v) is 10.6. The van der Waals surface area contributed by atoms with Crippen molar-refractivity contribution in [2.45, 2.75) is 12.8 Å². The van der Waals surface area contributed by atoms with E-state index in [2.05, 4.69) is 5.32 Å². The second-order valence-corrected chi connectivity index (χ2v) is 4.64. The Morgan fingerprint density at radius 2 is 2.12 bits per heavy atom. The van der Waals surface area contributed by atoms with Crippen LogP contribution in [0.2, 0.25) is 5.02 Å². The topological polar surface area (TPSA) is 38.3 Å². The SMILES string of the molecule is COc1ccc(C(=O)C2CCNCC2)c(Cl)c1. The van der Waals surface area contributed by atoms with Crippen molar-refractivity contribution in [1.29, 1.82) is 0 Å². The summed E-state index contributed by atoms with van der Waals surface area (Å²) in [7, 11) is 1.58. The Labute approximate surface area is 106 Å². The van der Waals surface area contributed by atoms with E-state index in [1.54, 1.807) is 25.3 Å². The highest BCUT2D eigenvalue weighted by Crippen LogP contribution is 2.27. The van der Waals surface area contributed by atoms with Crippen molar-refractivity contribution in [3.8, 4) is 5.75 Å². The molecule has 4 heteroatoms. The molecular formula is C13H16ClNO2. The van der Waals surface area contributed by atoms with Crippen LogP contribution in [0.3, 0.4) is 0 Å². The number of hydrogen-bond donors (Lipinski definition) is 1. The maximum atomic E-state index is 12.3. The van der Waals surface area contributed by atoms with Gasteiger partial charge in [-0.2, -0.15) is 0 Å². The molecule has 1 aromatic rings. The molecule has 2 rings (SSSR count). The van der Waals surface area contributed by atoms with Gasteiger partial charge in [0.2, 0.25) is 0 Å². The van der Waals surface area contributed by atoms with Crippen LogP contribution in [0.25, 0.3) is 0 Å². The van der Waals surface area contributed by atoms with E-state index in [0.29, 0.717) is 16.3 Å². The van der Waals surface area contributed by atoms with Crippen molar-refractivity contribution in [3.63, 3.8) is 0 Å². The van der Waals surface area contributed by atoms with Crippen LogP contribution in [0.4, 0.5) is 0 Å². The summed E-state index contributed by atoms with van der Waals surface area (Å²) in [6.07, 6.45) is 1.78. The first kappa shape index (κ1) is 12.4. The molecule has 0 spiro atoms. The molecular weight excluding hydrogens is 238 g/mol. The average Bonchev–Trinajstić information content (AvgIpc) is 2.39. The van der Waals surface area contributed by atoms with Crippen LogP contribution in [0.15, 0.2) is 18.2 Å². The van der Waals surface area contributed by atoms with Crippen LogP contribution in [-0.2, 0) is 0 Å². The molecule has 1 aromatic carbocycles. The summed E-state index contributed by atoms with van der Waals surface area (Å²) in [5.41, 5.74) is 0.611. The molecule has 0 aromatic heterocycles. The van der Waals surface area contributed by atoms with Gasteiger partial charge >= 0.3 is 0 Å². The van der Waals surface area contributed by atoms with E-state index >= 15 is 0 Å². The van der Waals surface area contributed by atoms with E-state index in [9.17, 15) is 4.79 Å². The fourth-order valence-electron chi connectivity index (χ4n) is 2.13. The molecule has 0 atom stereocenters. The van der Waals surface area contributed by atoms with Gasteiger partial charge in [0.15, 0.2) is 5.78 Å². The van der Waals surface area contributed by atoms with Crippen LogP contribution in [0, 0.1) is 5.92 Å². The second-order valence-electron chi connectivity index (χ2n) is 4.23. The molecule has 1 aliphatic rings. The molecule has 1 saturated heterocycles. The minimum absolute atomic E-state index is 0.0992. The van der Waals surface area contributed by atoms with Gasteiger partial charge in [0, 0.05) is 11.5 Å². The van der Waals surface area contributed by atoms with Crippen LogP contribution in [0.5, 0.6) is 5.75 Å². The molecule has 0 unspecified atom stereocenters. The van der Waals surface area contributed by atoms with Gasteiger partial charge in [0.05, 0.1) is 12.1 Å². The van der Waals surface area contributed by atoms with Crippen molar-refractivity contribution in [1.82, 2.24) is 5.32 Å². The van der Waals surface area contributed by atoms with Crippen molar-refractivity contribution in [2.75, 3.05) is 20.2 Å². The third kappa shape index (κ3) is 2.79. The number of Topliss-reactive ketones (excluding diaryl/α,β-unsaturated/α-hetero) is 1. The van der Waals surface area contributed by atoms with Crippen LogP contribution < -0.4 is 10.1 Å². The van der Waals surface area contributed by atoms with Gasteiger partial charge in [0.1, 0.15) is 5.75 Å². The van der Waals surface area contributed by atoms with Gasteiger partial charge in [-0.05, 0) is 44.1 Å². The normalized spacial score (nSPS) is 16.8. The van der Waals surface area contributed by atoms with Gasteiger partial charge in [-0.1, -0.05) is 11.6 Å². The highest BCUT2D eigenvalue weighted by atomic mass is 35.5. The highest BCUT2D eigenvalue weighted by molar-refractivity contribution is 6.34. The number of halogens is 1. The quantitative estimate of drug-likeness (QED) is 0.842. The Morgan fingerprint density at radius 1 is 1.41 bits per heavy atom. The Balaban J connectivity index is 2.18. The molecule has 0 aliphatic carbocycles. The predicted octanol–water partition coefficient (Wildman–Crippen LogP) is 2.53. The van der Waals surface area contributed by atoms with E-state index in [1.165, 1.54) is 0 Å². The van der Waals surface area contributed by atoms with Crippen molar-refractivity contribution < 1.29 is 9.53 Å². The number of nitrogens with one attached hydrogen (secondary N) is 1. The Hall–Kier alpha value is -1.06. The summed E-state index contributed by atoms with van der Waals surface area (Å²) in [6.45, 7) is 1.81. The maximum absolute atomic E-state index is 12.3. The first-order chi connectivity index (χ1) is 8.22. The summed E-state index contributed by atoms with van der Waals surface area (Å²) in [5.74, 6) is 0.929. The molecule has 0 saturated carbocycles. The van der Waals surface area contributed by atoms with E-state index < -0.39 is 0 Å². The van der Waals surface area contributed by atoms with Gasteiger partial charge < -0.3 is 10.1 Å². The van der Waals surface area contributed by atoms with E-state index in [1.807, 2.05) is 0 Å². The van der Waals surface area contributed by atoms with E-state index in [4.69, 9.17) is 16.3 Å². The van der Waals surface area contributed by atoms with Crippen LogP contribution in [0.1, 0.15) is 23.2 Å². The number of hydrogen-bond acceptors (Lipinski definition) is 3. The second kappa shape index (κ2) is 5.52. The van der Waals surface area contributed by atoms with Gasteiger partial charge in [-0.15, -0.1) is 0 Å². The van der Waals surface area contributed by atoms with Crippen molar-refractivity contribution in [3.05, 3.63) is 28.8 Å². The number of carbonyl (C=O) groups is 1. The molecule has 0 bridgehead atoms. The zero-order valence-electron chi connectivity index (χ0n) is 9.83. The molecule has 17 heavy (non-hydrogen) atoms. The lowest BCUT2D eigenvalue weighted by molar-refractivity contribution is 0.0895. The summed E-state index contributed by atoms with van der Waals surface area (Å²) in [6, 6.07) is 5.22. The number of ether oxygens (including phenoxy) is 1. The molecule has 3 nitrogen and oxygen atoms in total. The minimum atomic E-state index is 0.0992. The van der Waals surface area contributed by atoms with Crippen LogP contribution >= 0.6 is 11.6 Å². The first-order valence-electron chi connectivity index (χ1n) is 5.81. The predicted molar refractivity (Wildman–Crippen MR) is 67.9 cm³/mol. The summed E-state index contributed by atoms with van der Waals surface area (Å²) >= 11 is 6.11. The van der Waals surface area contributed by atoms with Crippen LogP contribution in [-0.4, -0.2) is 26.0 Å². The van der Waals surface area contributed by atoms with E-state index in [-0.39, 0.29) is 11.7 Å². The fraction of sp³-hybridized carbons (Fsp3) is 0.462. The highest BCUT2D eigenvalue weighted by Gasteiger charge is 2.23. The monoisotopic (exact) mass is 253 g/mol. The molecule has 0 radical (unpaired) electrons. The third-order valence-electron chi connectivity index (χ3n) is 3.15. The number of carbonyl (C=O) groups excluding carboxylic acids is 1. The Bertz CT molecular complexity index is 414. The Morgan fingerprint density at radius 3 is 2.71 bits per heavy atom. The lowest BCUT2D eigenvalue weighted by Crippen LogP contribution is -2.32. The molecule has 1 fully saturated rings.